The summed E-state index contributed by atoms with van der Waals surface area (Å²) in [5, 5.41) is 6.00. The molecular formula is C15H24N2OS2. The van der Waals surface area contributed by atoms with E-state index in [1.165, 1.54) is 29.2 Å². The van der Waals surface area contributed by atoms with E-state index in [1.807, 2.05) is 11.3 Å². The minimum absolute atomic E-state index is 0.519. The molecule has 0 unspecified atom stereocenters. The quantitative estimate of drug-likeness (QED) is 0.903. The molecule has 2 saturated heterocycles. The van der Waals surface area contributed by atoms with Crippen LogP contribution < -0.4 is 5.32 Å². The first-order chi connectivity index (χ1) is 9.93. The molecule has 1 aromatic heterocycles. The predicted octanol–water partition coefficient (Wildman–Crippen LogP) is 2.61. The second kappa shape index (κ2) is 7.80. The Morgan fingerprint density at radius 2 is 2.30 bits per heavy atom. The van der Waals surface area contributed by atoms with E-state index in [-0.39, 0.29) is 0 Å². The maximum absolute atomic E-state index is 5.50. The van der Waals surface area contributed by atoms with Crippen molar-refractivity contribution in [2.75, 3.05) is 44.4 Å². The lowest BCUT2D eigenvalue weighted by Gasteiger charge is -2.35. The van der Waals surface area contributed by atoms with Crippen molar-refractivity contribution < 1.29 is 4.74 Å². The zero-order valence-electron chi connectivity index (χ0n) is 11.9. The maximum atomic E-state index is 5.50. The summed E-state index contributed by atoms with van der Waals surface area (Å²) < 4.78 is 5.50. The Labute approximate surface area is 130 Å². The van der Waals surface area contributed by atoms with E-state index < -0.39 is 0 Å². The monoisotopic (exact) mass is 312 g/mol. The van der Waals surface area contributed by atoms with Crippen LogP contribution in [0, 0.1) is 0 Å². The van der Waals surface area contributed by atoms with Crippen LogP contribution in [0.25, 0.3) is 0 Å². The van der Waals surface area contributed by atoms with Crippen molar-refractivity contribution in [3.8, 4) is 0 Å². The van der Waals surface area contributed by atoms with Gasteiger partial charge in [-0.2, -0.15) is 11.8 Å². The first-order valence-corrected chi connectivity index (χ1v) is 9.63. The molecule has 1 N–H and O–H groups in total. The van der Waals surface area contributed by atoms with Gasteiger partial charge >= 0.3 is 0 Å². The van der Waals surface area contributed by atoms with Crippen LogP contribution in [-0.4, -0.2) is 55.3 Å². The van der Waals surface area contributed by atoms with Gasteiger partial charge in [-0.05, 0) is 30.0 Å². The second-order valence-electron chi connectivity index (χ2n) is 5.50. The molecule has 0 aliphatic carbocycles. The van der Waals surface area contributed by atoms with Crippen molar-refractivity contribution in [1.82, 2.24) is 10.2 Å². The van der Waals surface area contributed by atoms with Crippen LogP contribution in [0.2, 0.25) is 0 Å². The Hall–Kier alpha value is -0.0700. The molecule has 3 heterocycles. The van der Waals surface area contributed by atoms with Crippen LogP contribution in [0.3, 0.4) is 0 Å². The van der Waals surface area contributed by atoms with Gasteiger partial charge in [-0.3, -0.25) is 4.90 Å². The van der Waals surface area contributed by atoms with Crippen molar-refractivity contribution in [3.63, 3.8) is 0 Å². The average Bonchev–Trinajstić information content (AvgIpc) is 3.04. The van der Waals surface area contributed by atoms with Crippen LogP contribution in [0.5, 0.6) is 0 Å². The van der Waals surface area contributed by atoms with Crippen molar-refractivity contribution >= 4 is 23.1 Å². The Bertz CT molecular complexity index is 373. The summed E-state index contributed by atoms with van der Waals surface area (Å²) >= 11 is 3.98. The number of hydrogen-bond acceptors (Lipinski definition) is 5. The topological polar surface area (TPSA) is 24.5 Å². The molecule has 5 heteroatoms. The molecule has 0 spiro atoms. The van der Waals surface area contributed by atoms with Gasteiger partial charge in [0.15, 0.2) is 0 Å². The highest BCUT2D eigenvalue weighted by Crippen LogP contribution is 2.26. The lowest BCUT2D eigenvalue weighted by molar-refractivity contribution is 0.0164. The van der Waals surface area contributed by atoms with Crippen LogP contribution in [0.4, 0.5) is 0 Å². The highest BCUT2D eigenvalue weighted by Gasteiger charge is 2.24. The number of hydrogen-bond donors (Lipinski definition) is 1. The summed E-state index contributed by atoms with van der Waals surface area (Å²) in [5.41, 5.74) is 0. The van der Waals surface area contributed by atoms with E-state index in [9.17, 15) is 0 Å². The fourth-order valence-electron chi connectivity index (χ4n) is 2.96. The van der Waals surface area contributed by atoms with E-state index >= 15 is 0 Å². The standard InChI is InChI=1S/C15H24N2OS2/c1-3-13(12-19-9-1)16-11-14(15-4-2-10-20-15)17-5-7-18-8-6-17/h2,4,10,13-14,16H,1,3,5-9,11-12H2/t13-,14-/m0/s1. The number of morpholine rings is 1. The normalized spacial score (nSPS) is 26.5. The van der Waals surface area contributed by atoms with Crippen LogP contribution in [-0.2, 0) is 4.74 Å². The molecule has 0 aromatic carbocycles. The summed E-state index contributed by atoms with van der Waals surface area (Å²) in [5.74, 6) is 2.62. The largest absolute Gasteiger partial charge is 0.379 e. The number of rotatable bonds is 5. The molecule has 2 aliphatic rings. The van der Waals surface area contributed by atoms with Gasteiger partial charge < -0.3 is 10.1 Å². The summed E-state index contributed by atoms with van der Waals surface area (Å²) in [6.45, 7) is 4.95. The van der Waals surface area contributed by atoms with Gasteiger partial charge in [0.05, 0.1) is 19.3 Å². The molecule has 1 aromatic rings. The molecule has 112 valence electrons. The van der Waals surface area contributed by atoms with Crippen molar-refractivity contribution in [1.29, 1.82) is 0 Å². The minimum Gasteiger partial charge on any atom is -0.379 e. The molecule has 2 atom stereocenters. The third kappa shape index (κ3) is 3.98. The van der Waals surface area contributed by atoms with E-state index in [4.69, 9.17) is 4.74 Å². The first-order valence-electron chi connectivity index (χ1n) is 7.60. The molecule has 0 saturated carbocycles. The third-order valence-electron chi connectivity index (χ3n) is 4.12. The number of thiophene rings is 1. The Kier molecular flexibility index (Phi) is 5.79. The summed E-state index contributed by atoms with van der Waals surface area (Å²) in [6.07, 6.45) is 2.71. The van der Waals surface area contributed by atoms with Gasteiger partial charge in [-0.15, -0.1) is 11.3 Å². The zero-order valence-corrected chi connectivity index (χ0v) is 13.6. The average molecular weight is 313 g/mol. The summed E-state index contributed by atoms with van der Waals surface area (Å²) in [7, 11) is 0. The van der Waals surface area contributed by atoms with Crippen molar-refractivity contribution in [2.24, 2.45) is 0 Å². The molecule has 0 radical (unpaired) electrons. The number of thioether (sulfide) groups is 1. The lowest BCUT2D eigenvalue weighted by Crippen LogP contribution is -2.45. The summed E-state index contributed by atoms with van der Waals surface area (Å²) in [4.78, 5) is 4.07. The summed E-state index contributed by atoms with van der Waals surface area (Å²) in [6, 6.07) is 5.68. The predicted molar refractivity (Wildman–Crippen MR) is 87.8 cm³/mol. The van der Waals surface area contributed by atoms with Gasteiger partial charge in [0.25, 0.3) is 0 Å². The van der Waals surface area contributed by atoms with Gasteiger partial charge in [0.1, 0.15) is 0 Å². The molecule has 0 bridgehead atoms. The minimum atomic E-state index is 0.519. The van der Waals surface area contributed by atoms with Gasteiger partial charge in [-0.25, -0.2) is 0 Å². The maximum Gasteiger partial charge on any atom is 0.0594 e. The fourth-order valence-corrected chi connectivity index (χ4v) is 4.93. The van der Waals surface area contributed by atoms with Gasteiger partial charge in [0, 0.05) is 36.3 Å². The molecule has 3 rings (SSSR count). The van der Waals surface area contributed by atoms with Crippen LogP contribution in [0.1, 0.15) is 23.8 Å². The van der Waals surface area contributed by atoms with Gasteiger partial charge in [-0.1, -0.05) is 6.07 Å². The van der Waals surface area contributed by atoms with E-state index in [0.717, 1.165) is 32.8 Å². The fraction of sp³-hybridized carbons (Fsp3) is 0.733. The number of nitrogens with zero attached hydrogens (tertiary/aromatic N) is 1. The molecule has 2 aliphatic heterocycles. The van der Waals surface area contributed by atoms with Crippen molar-refractivity contribution in [3.05, 3.63) is 22.4 Å². The van der Waals surface area contributed by atoms with Gasteiger partial charge in [0.2, 0.25) is 0 Å². The molecule has 2 fully saturated rings. The van der Waals surface area contributed by atoms with E-state index in [2.05, 4.69) is 39.5 Å². The highest BCUT2D eigenvalue weighted by atomic mass is 32.2. The van der Waals surface area contributed by atoms with Crippen LogP contribution in [0.15, 0.2) is 17.5 Å². The Balaban J connectivity index is 1.59. The SMILES string of the molecule is c1csc([C@H](CN[C@H]2CCCSC2)N2CCOCC2)c1. The van der Waals surface area contributed by atoms with Crippen molar-refractivity contribution in [2.45, 2.75) is 24.9 Å². The van der Waals surface area contributed by atoms with E-state index in [0.29, 0.717) is 12.1 Å². The number of ether oxygens (including phenoxy) is 1. The Morgan fingerprint density at radius 1 is 1.40 bits per heavy atom. The highest BCUT2D eigenvalue weighted by molar-refractivity contribution is 7.99. The second-order valence-corrected chi connectivity index (χ2v) is 7.63. The van der Waals surface area contributed by atoms with E-state index in [1.54, 1.807) is 0 Å². The lowest BCUT2D eigenvalue weighted by atomic mass is 10.1. The molecular weight excluding hydrogens is 288 g/mol. The molecule has 3 nitrogen and oxygen atoms in total. The Morgan fingerprint density at radius 3 is 3.00 bits per heavy atom. The number of nitrogens with one attached hydrogen (secondary N) is 1. The first kappa shape index (κ1) is 14.9. The zero-order chi connectivity index (χ0) is 13.6. The smallest absolute Gasteiger partial charge is 0.0594 e. The molecule has 0 amide bonds. The third-order valence-corrected chi connectivity index (χ3v) is 6.31. The molecule has 20 heavy (non-hydrogen) atoms. The van der Waals surface area contributed by atoms with Crippen LogP contribution >= 0.6 is 23.1 Å².